The number of hydrogen-bond acceptors (Lipinski definition) is 2. The van der Waals surface area contributed by atoms with Crippen LogP contribution in [-0.2, 0) is 16.4 Å². The predicted molar refractivity (Wildman–Crippen MR) is 85.1 cm³/mol. The van der Waals surface area contributed by atoms with Gasteiger partial charge in [-0.25, -0.2) is 8.42 Å². The first-order valence-corrected chi connectivity index (χ1v) is 9.75. The smallest absolute Gasteiger partial charge is 0.207 e. The molecule has 0 unspecified atom stereocenters. The molecule has 1 aromatic carbocycles. The summed E-state index contributed by atoms with van der Waals surface area (Å²) >= 11 is 5.69. The van der Waals surface area contributed by atoms with Crippen molar-refractivity contribution in [2.45, 2.75) is 49.5 Å². The summed E-state index contributed by atoms with van der Waals surface area (Å²) in [5, 5.41) is 0. The minimum atomic E-state index is -3.32. The van der Waals surface area contributed by atoms with Crippen LogP contribution >= 0.6 is 11.6 Å². The molecule has 3 nitrogen and oxygen atoms in total. The monoisotopic (exact) mass is 327 g/mol. The van der Waals surface area contributed by atoms with Gasteiger partial charge in [0.1, 0.15) is 0 Å². The van der Waals surface area contributed by atoms with E-state index in [1.165, 1.54) is 12.8 Å². The maximum Gasteiger partial charge on any atom is 0.243 e. The third-order valence-corrected chi connectivity index (χ3v) is 6.42. The number of halogens is 1. The lowest BCUT2D eigenvalue weighted by Crippen LogP contribution is -2.34. The number of rotatable bonds is 8. The van der Waals surface area contributed by atoms with Crippen LogP contribution < -0.4 is 0 Å². The first kappa shape index (κ1) is 15.3. The number of alkyl halides is 1. The van der Waals surface area contributed by atoms with E-state index >= 15 is 0 Å². The Morgan fingerprint density at radius 2 is 1.76 bits per heavy atom. The van der Waals surface area contributed by atoms with Gasteiger partial charge in [0.2, 0.25) is 10.0 Å². The van der Waals surface area contributed by atoms with Crippen LogP contribution in [0.2, 0.25) is 0 Å². The summed E-state index contributed by atoms with van der Waals surface area (Å²) in [6, 6.07) is 7.58. The van der Waals surface area contributed by atoms with Gasteiger partial charge in [0.25, 0.3) is 0 Å². The summed E-state index contributed by atoms with van der Waals surface area (Å²) in [7, 11) is -3.32. The maximum atomic E-state index is 12.8. The second kappa shape index (κ2) is 6.27. The van der Waals surface area contributed by atoms with Gasteiger partial charge in [-0.3, -0.25) is 0 Å². The number of aryl methyl sites for hydroxylation is 1. The summed E-state index contributed by atoms with van der Waals surface area (Å²) in [5.74, 6) is 1.22. The van der Waals surface area contributed by atoms with E-state index in [1.807, 2.05) is 12.1 Å². The van der Waals surface area contributed by atoms with Crippen molar-refractivity contribution in [3.05, 3.63) is 29.8 Å². The first-order chi connectivity index (χ1) is 10.1. The van der Waals surface area contributed by atoms with E-state index in [0.29, 0.717) is 23.2 Å². The molecule has 0 spiro atoms. The predicted octanol–water partition coefficient (Wildman–Crippen LogP) is 3.42. The van der Waals surface area contributed by atoms with Crippen LogP contribution in [0, 0.1) is 5.92 Å². The van der Waals surface area contributed by atoms with Gasteiger partial charge in [0.05, 0.1) is 4.90 Å². The van der Waals surface area contributed by atoms with Gasteiger partial charge in [-0.1, -0.05) is 12.1 Å². The van der Waals surface area contributed by atoms with Crippen molar-refractivity contribution in [3.63, 3.8) is 0 Å². The van der Waals surface area contributed by atoms with Crippen molar-refractivity contribution in [1.82, 2.24) is 4.31 Å². The average Bonchev–Trinajstić information content (AvgIpc) is 3.36. The molecule has 0 amide bonds. The van der Waals surface area contributed by atoms with Crippen molar-refractivity contribution in [2.24, 2.45) is 5.92 Å². The molecule has 0 aromatic heterocycles. The fraction of sp³-hybridized carbons (Fsp3) is 0.625. The standard InChI is InChI=1S/C16H22ClNO2S/c17-11-1-2-13-5-9-16(10-6-13)21(19,20)18(15-7-8-15)12-14-3-4-14/h5-6,9-10,14-15H,1-4,7-8,11-12H2. The highest BCUT2D eigenvalue weighted by Gasteiger charge is 2.40. The highest BCUT2D eigenvalue weighted by molar-refractivity contribution is 7.89. The molecule has 2 saturated carbocycles. The number of nitrogens with zero attached hydrogens (tertiary/aromatic N) is 1. The average molecular weight is 328 g/mol. The molecule has 3 rings (SSSR count). The lowest BCUT2D eigenvalue weighted by molar-refractivity contribution is 0.389. The van der Waals surface area contributed by atoms with Crippen LogP contribution in [0.1, 0.15) is 37.7 Å². The molecule has 21 heavy (non-hydrogen) atoms. The zero-order valence-electron chi connectivity index (χ0n) is 12.2. The van der Waals surface area contributed by atoms with E-state index in [2.05, 4.69) is 0 Å². The molecule has 5 heteroatoms. The van der Waals surface area contributed by atoms with E-state index in [9.17, 15) is 8.42 Å². The zero-order valence-corrected chi connectivity index (χ0v) is 13.7. The lowest BCUT2D eigenvalue weighted by Gasteiger charge is -2.22. The zero-order chi connectivity index (χ0) is 14.9. The summed E-state index contributed by atoms with van der Waals surface area (Å²) in [6.07, 6.45) is 6.20. The Kier molecular flexibility index (Phi) is 4.57. The number of hydrogen-bond donors (Lipinski definition) is 0. The molecule has 116 valence electrons. The van der Waals surface area contributed by atoms with Gasteiger partial charge in [-0.05, 0) is 62.1 Å². The van der Waals surface area contributed by atoms with E-state index in [-0.39, 0.29) is 6.04 Å². The Labute approximate surface area is 132 Å². The second-order valence-corrected chi connectivity index (χ2v) is 8.45. The second-order valence-electron chi connectivity index (χ2n) is 6.19. The van der Waals surface area contributed by atoms with Gasteiger partial charge in [-0.15, -0.1) is 11.6 Å². The molecule has 2 aliphatic carbocycles. The van der Waals surface area contributed by atoms with E-state index in [4.69, 9.17) is 11.6 Å². The molecular formula is C16H22ClNO2S. The van der Waals surface area contributed by atoms with Crippen molar-refractivity contribution in [3.8, 4) is 0 Å². The highest BCUT2D eigenvalue weighted by atomic mass is 35.5. The van der Waals surface area contributed by atoms with Crippen molar-refractivity contribution >= 4 is 21.6 Å². The van der Waals surface area contributed by atoms with Crippen molar-refractivity contribution < 1.29 is 8.42 Å². The highest BCUT2D eigenvalue weighted by Crippen LogP contribution is 2.38. The van der Waals surface area contributed by atoms with Gasteiger partial charge in [0, 0.05) is 18.5 Å². The summed E-state index contributed by atoms with van der Waals surface area (Å²) in [6.45, 7) is 0.709. The van der Waals surface area contributed by atoms with Crippen LogP contribution in [-0.4, -0.2) is 31.2 Å². The van der Waals surface area contributed by atoms with E-state index < -0.39 is 10.0 Å². The third-order valence-electron chi connectivity index (χ3n) is 4.22. The molecule has 0 bridgehead atoms. The van der Waals surface area contributed by atoms with Crippen LogP contribution in [0.3, 0.4) is 0 Å². The Balaban J connectivity index is 1.75. The Hall–Kier alpha value is -0.580. The van der Waals surface area contributed by atoms with Crippen LogP contribution in [0.25, 0.3) is 0 Å². The quantitative estimate of drug-likeness (QED) is 0.686. The lowest BCUT2D eigenvalue weighted by atomic mass is 10.1. The van der Waals surface area contributed by atoms with Crippen molar-refractivity contribution in [1.29, 1.82) is 0 Å². The molecule has 1 aromatic rings. The fourth-order valence-electron chi connectivity index (χ4n) is 2.60. The number of sulfonamides is 1. The maximum absolute atomic E-state index is 12.8. The SMILES string of the molecule is O=S(=O)(c1ccc(CCCCl)cc1)N(CC1CC1)C1CC1. The van der Waals surface area contributed by atoms with Crippen LogP contribution in [0.5, 0.6) is 0 Å². The molecule has 0 atom stereocenters. The van der Waals surface area contributed by atoms with Gasteiger partial charge in [-0.2, -0.15) is 4.31 Å². The number of benzene rings is 1. The Bertz CT molecular complexity index is 577. The van der Waals surface area contributed by atoms with Crippen LogP contribution in [0.4, 0.5) is 0 Å². The topological polar surface area (TPSA) is 37.4 Å². The Morgan fingerprint density at radius 3 is 2.29 bits per heavy atom. The Morgan fingerprint density at radius 1 is 1.10 bits per heavy atom. The fourth-order valence-corrected chi connectivity index (χ4v) is 4.49. The van der Waals surface area contributed by atoms with E-state index in [1.54, 1.807) is 16.4 Å². The molecule has 0 saturated heterocycles. The molecule has 0 N–H and O–H groups in total. The molecule has 2 aliphatic rings. The minimum absolute atomic E-state index is 0.242. The molecule has 2 fully saturated rings. The van der Waals surface area contributed by atoms with Gasteiger partial charge in [0.15, 0.2) is 0 Å². The molecule has 0 radical (unpaired) electrons. The summed E-state index contributed by atoms with van der Waals surface area (Å²) < 4.78 is 27.4. The van der Waals surface area contributed by atoms with Gasteiger partial charge < -0.3 is 0 Å². The van der Waals surface area contributed by atoms with Crippen LogP contribution in [0.15, 0.2) is 29.2 Å². The molecule has 0 heterocycles. The summed E-state index contributed by atoms with van der Waals surface area (Å²) in [5.41, 5.74) is 1.15. The van der Waals surface area contributed by atoms with E-state index in [0.717, 1.165) is 31.2 Å². The van der Waals surface area contributed by atoms with Gasteiger partial charge >= 0.3 is 0 Å². The van der Waals surface area contributed by atoms with Crippen molar-refractivity contribution in [2.75, 3.05) is 12.4 Å². The molecular weight excluding hydrogens is 306 g/mol. The first-order valence-electron chi connectivity index (χ1n) is 7.78. The largest absolute Gasteiger partial charge is 0.243 e. The normalized spacial score (nSPS) is 19.1. The summed E-state index contributed by atoms with van der Waals surface area (Å²) in [4.78, 5) is 0.435. The minimum Gasteiger partial charge on any atom is -0.207 e. The third kappa shape index (κ3) is 3.79. The molecule has 0 aliphatic heterocycles.